The number of nitriles is 3. The molecular formula is C111H65N9. The topological polar surface area (TPSA) is 101 Å². The third-order valence-electron chi connectivity index (χ3n) is 24.8. The first-order chi connectivity index (χ1) is 59.5. The molecule has 0 aliphatic rings. The summed E-state index contributed by atoms with van der Waals surface area (Å²) in [6.07, 6.45) is 0. The highest BCUT2D eigenvalue weighted by Gasteiger charge is 2.33. The maximum Gasteiger partial charge on any atom is 0.101 e. The Morgan fingerprint density at radius 3 is 0.750 bits per heavy atom. The molecule has 0 saturated heterocycles. The number of aromatic nitrogens is 6. The largest absolute Gasteiger partial charge is 0.308 e. The zero-order valence-electron chi connectivity index (χ0n) is 64.6. The van der Waals surface area contributed by atoms with Gasteiger partial charge in [-0.1, -0.05) is 261 Å². The highest BCUT2D eigenvalue weighted by Crippen LogP contribution is 2.54. The van der Waals surface area contributed by atoms with Crippen LogP contribution >= 0.6 is 0 Å². The molecule has 0 aliphatic carbocycles. The summed E-state index contributed by atoms with van der Waals surface area (Å²) >= 11 is 0. The van der Waals surface area contributed by atoms with E-state index in [1.807, 2.05) is 24.3 Å². The molecule has 0 unspecified atom stereocenters. The third kappa shape index (κ3) is 9.98. The second-order valence-electron chi connectivity index (χ2n) is 31.1. The maximum absolute atomic E-state index is 11.7. The molecule has 0 fully saturated rings. The van der Waals surface area contributed by atoms with Crippen molar-refractivity contribution in [1.29, 1.82) is 15.8 Å². The molecule has 6 aromatic heterocycles. The first kappa shape index (κ1) is 67.7. The summed E-state index contributed by atoms with van der Waals surface area (Å²) < 4.78 is 14.5. The van der Waals surface area contributed by atoms with Gasteiger partial charge in [-0.05, 0) is 189 Å². The van der Waals surface area contributed by atoms with Crippen LogP contribution in [0.2, 0.25) is 0 Å². The fourth-order valence-corrected chi connectivity index (χ4v) is 19.8. The van der Waals surface area contributed by atoms with Crippen molar-refractivity contribution in [2.24, 2.45) is 0 Å². The molecule has 6 heterocycles. The van der Waals surface area contributed by atoms with Gasteiger partial charge in [-0.15, -0.1) is 0 Å². The van der Waals surface area contributed by atoms with E-state index in [9.17, 15) is 15.8 Å². The Morgan fingerprint density at radius 1 is 0.167 bits per heavy atom. The van der Waals surface area contributed by atoms with Crippen molar-refractivity contribution in [3.8, 4) is 108 Å². The Morgan fingerprint density at radius 2 is 0.400 bits per heavy atom. The Hall–Kier alpha value is -16.8. The number of rotatable bonds is 11. The van der Waals surface area contributed by atoms with Crippen LogP contribution in [-0.4, -0.2) is 27.4 Å². The van der Waals surface area contributed by atoms with Crippen LogP contribution in [0.3, 0.4) is 0 Å². The van der Waals surface area contributed by atoms with E-state index in [1.165, 1.54) is 0 Å². The lowest BCUT2D eigenvalue weighted by molar-refractivity contribution is 1.16. The number of hydrogen-bond donors (Lipinski definition) is 0. The average Bonchev–Trinajstić information content (AvgIpc) is 1.52. The predicted octanol–water partition coefficient (Wildman–Crippen LogP) is 28.2. The van der Waals surface area contributed by atoms with E-state index in [2.05, 4.69) is 416 Å². The monoisotopic (exact) mass is 1520 g/mol. The molecule has 0 N–H and O–H groups in total. The molecule has 24 rings (SSSR count). The summed E-state index contributed by atoms with van der Waals surface area (Å²) in [7, 11) is 0. The summed E-state index contributed by atoms with van der Waals surface area (Å²) in [5.74, 6) is 0. The molecule has 120 heavy (non-hydrogen) atoms. The lowest BCUT2D eigenvalue weighted by Gasteiger charge is -2.15. The van der Waals surface area contributed by atoms with Crippen molar-refractivity contribution in [3.63, 3.8) is 0 Å². The number of hydrogen-bond acceptors (Lipinski definition) is 3. The Bertz CT molecular complexity index is 8520. The van der Waals surface area contributed by atoms with Crippen molar-refractivity contribution in [2.75, 3.05) is 0 Å². The summed E-state index contributed by atoms with van der Waals surface area (Å²) in [6.45, 7) is 0. The van der Waals surface area contributed by atoms with E-state index in [-0.39, 0.29) is 0 Å². The van der Waals surface area contributed by atoms with Crippen molar-refractivity contribution in [3.05, 3.63) is 411 Å². The molecule has 0 radical (unpaired) electrons. The average molecular weight is 1520 g/mol. The Balaban J connectivity index is 0.638. The van der Waals surface area contributed by atoms with E-state index in [0.29, 0.717) is 16.7 Å². The van der Waals surface area contributed by atoms with Gasteiger partial charge in [0.15, 0.2) is 0 Å². The van der Waals surface area contributed by atoms with Crippen LogP contribution in [0.25, 0.3) is 221 Å². The standard InChI is InChI=1S/C111H65N9/c112-66-69-60-78(65-79(61-69)77-55-59-93(81(64-77)68-114)120-98-46-23-17-40-90(98)104-108-100(86-36-13-19-42-94(86)115(108)82-30-7-2-8-31-82)106-102(110(104)120)88-38-15-20-43-95(88)116(106)83-32-9-3-10-33-83)73-50-48-71(49-51-73)72-52-56-85(57-53-72)118-97-45-22-14-37-87(97)101-107-103(89-39-16-21-44-96(89)117(107)84-34-11-4-12-35-84)111-105(109(101)118)91-41-18-24-47-99(91)119(111)92-58-54-76(63-80(92)67-113)75-29-25-28-74(62-75)70-26-5-1-6-27-70/h1-65H. The zero-order valence-corrected chi connectivity index (χ0v) is 64.6. The van der Waals surface area contributed by atoms with Gasteiger partial charge in [-0.3, -0.25) is 0 Å². The van der Waals surface area contributed by atoms with Gasteiger partial charge in [0.2, 0.25) is 0 Å². The van der Waals surface area contributed by atoms with Crippen molar-refractivity contribution in [1.82, 2.24) is 27.4 Å². The highest BCUT2D eigenvalue weighted by atomic mass is 15.1. The normalized spacial score (nSPS) is 11.8. The zero-order chi connectivity index (χ0) is 79.4. The summed E-state index contributed by atoms with van der Waals surface area (Å²) in [5.41, 5.74) is 29.8. The van der Waals surface area contributed by atoms with E-state index in [4.69, 9.17) is 0 Å². The van der Waals surface area contributed by atoms with Crippen LogP contribution in [0, 0.1) is 34.0 Å². The fourth-order valence-electron chi connectivity index (χ4n) is 19.8. The van der Waals surface area contributed by atoms with E-state index < -0.39 is 0 Å². The van der Waals surface area contributed by atoms with Crippen molar-refractivity contribution < 1.29 is 0 Å². The van der Waals surface area contributed by atoms with Gasteiger partial charge in [0, 0.05) is 87.4 Å². The first-order valence-electron chi connectivity index (χ1n) is 40.5. The molecule has 24 aromatic rings. The predicted molar refractivity (Wildman–Crippen MR) is 494 cm³/mol. The van der Waals surface area contributed by atoms with Crippen LogP contribution in [0.1, 0.15) is 16.7 Å². The van der Waals surface area contributed by atoms with Gasteiger partial charge in [0.1, 0.15) is 12.1 Å². The SMILES string of the molecule is N#Cc1cc(-c2ccc(-c3ccc(-n4c5ccccc5c5c4c4c6ccccc6n(-c6ccc(-c7cccc(-c8ccccc8)c7)cc6C#N)c4c4c6ccccc6n(-c6ccccc6)c54)cc3)cc2)cc(-c2ccc(-n3c4ccccc4c4c5c(c6ccccc6n5-c5ccccc5)c5c(c6ccccc6n5-c5ccccc5)c43)c(C#N)c2)c1. The maximum atomic E-state index is 11.7. The van der Waals surface area contributed by atoms with Crippen LogP contribution < -0.4 is 0 Å². The van der Waals surface area contributed by atoms with E-state index in [0.717, 1.165) is 221 Å². The minimum absolute atomic E-state index is 0.496. The third-order valence-corrected chi connectivity index (χ3v) is 24.8. The number of para-hydroxylation sites is 9. The van der Waals surface area contributed by atoms with Gasteiger partial charge in [-0.2, -0.15) is 15.8 Å². The quantitative estimate of drug-likeness (QED) is 0.129. The fraction of sp³-hybridized carbons (Fsp3) is 0. The molecule has 554 valence electrons. The van der Waals surface area contributed by atoms with Crippen molar-refractivity contribution >= 4 is 131 Å². The van der Waals surface area contributed by atoms with Crippen LogP contribution in [0.5, 0.6) is 0 Å². The molecule has 0 aliphatic heterocycles. The minimum Gasteiger partial charge on any atom is -0.308 e. The Kier molecular flexibility index (Phi) is 15.0. The lowest BCUT2D eigenvalue weighted by atomic mass is 9.94. The van der Waals surface area contributed by atoms with Gasteiger partial charge < -0.3 is 27.4 Å². The number of fused-ring (bicyclic) bond motifs is 24. The molecule has 0 amide bonds. The Labute approximate surface area is 688 Å². The molecule has 0 bridgehead atoms. The summed E-state index contributed by atoms with van der Waals surface area (Å²) in [4.78, 5) is 0. The number of nitrogens with zero attached hydrogens (tertiary/aromatic N) is 9. The van der Waals surface area contributed by atoms with E-state index in [1.54, 1.807) is 0 Å². The second-order valence-corrected chi connectivity index (χ2v) is 31.1. The van der Waals surface area contributed by atoms with Crippen LogP contribution in [0.15, 0.2) is 394 Å². The lowest BCUT2D eigenvalue weighted by Crippen LogP contribution is -2.00. The van der Waals surface area contributed by atoms with Gasteiger partial charge >= 0.3 is 0 Å². The molecular weight excluding hydrogens is 1460 g/mol. The molecule has 18 aromatic carbocycles. The summed E-state index contributed by atoms with van der Waals surface area (Å²) in [5, 5.41) is 47.3. The van der Waals surface area contributed by atoms with Crippen LogP contribution in [0.4, 0.5) is 0 Å². The minimum atomic E-state index is 0.496. The highest BCUT2D eigenvalue weighted by molar-refractivity contribution is 6.42. The van der Waals surface area contributed by atoms with Crippen molar-refractivity contribution in [2.45, 2.75) is 0 Å². The molecule has 0 atom stereocenters. The van der Waals surface area contributed by atoms with Gasteiger partial charge in [-0.25, -0.2) is 0 Å². The molecule has 9 heteroatoms. The molecule has 9 nitrogen and oxygen atoms in total. The van der Waals surface area contributed by atoms with Crippen LogP contribution in [-0.2, 0) is 0 Å². The molecule has 0 spiro atoms. The van der Waals surface area contributed by atoms with E-state index >= 15 is 0 Å². The van der Waals surface area contributed by atoms with Gasteiger partial charge in [0.05, 0.1) is 100 Å². The smallest absolute Gasteiger partial charge is 0.101 e. The van der Waals surface area contributed by atoms with Gasteiger partial charge in [0.25, 0.3) is 0 Å². The molecule has 0 saturated carbocycles. The number of benzene rings is 18. The summed E-state index contributed by atoms with van der Waals surface area (Å²) in [6, 6.07) is 148. The first-order valence-corrected chi connectivity index (χ1v) is 40.5. The second kappa shape index (κ2) is 26.7.